The molecule has 1 saturated heterocycles. The molecular formula is C17H26NO5P. The maximum Gasteiger partial charge on any atom is 0.335 e. The first kappa shape index (κ1) is 19.1. The van der Waals surface area contributed by atoms with Gasteiger partial charge in [0, 0.05) is 6.54 Å². The Morgan fingerprint density at radius 1 is 1.54 bits per heavy atom. The maximum atomic E-state index is 11.7. The second-order valence-corrected chi connectivity index (χ2v) is 7.95. The second kappa shape index (κ2) is 8.26. The molecule has 0 aromatic heterocycles. The highest BCUT2D eigenvalue weighted by Crippen LogP contribution is 2.35. The number of unbranched alkanes of at least 4 members (excludes halogenated alkanes) is 1. The van der Waals surface area contributed by atoms with Gasteiger partial charge < -0.3 is 20.1 Å². The lowest BCUT2D eigenvalue weighted by molar-refractivity contribution is -0.0324. The normalized spacial score (nSPS) is 26.7. The van der Waals surface area contributed by atoms with E-state index < -0.39 is 19.5 Å². The number of hydrogen-bond donors (Lipinski definition) is 3. The van der Waals surface area contributed by atoms with E-state index in [9.17, 15) is 14.3 Å². The van der Waals surface area contributed by atoms with Crippen molar-refractivity contribution in [3.05, 3.63) is 35.4 Å². The number of rotatable bonds is 7. The molecule has 1 fully saturated rings. The van der Waals surface area contributed by atoms with Crippen molar-refractivity contribution >= 4 is 14.0 Å². The Kier molecular flexibility index (Phi) is 6.58. The zero-order valence-corrected chi connectivity index (χ0v) is 15.1. The first-order valence-electron chi connectivity index (χ1n) is 8.30. The Labute approximate surface area is 143 Å². The summed E-state index contributed by atoms with van der Waals surface area (Å²) in [6.07, 6.45) is 2.27. The highest BCUT2D eigenvalue weighted by atomic mass is 31.1. The van der Waals surface area contributed by atoms with Crippen LogP contribution in [-0.2, 0) is 14.8 Å². The average Bonchev–Trinajstić information content (AvgIpc) is 2.56. The molecule has 7 heteroatoms. The SMILES string of the molecule is CCCCC([C@@H]1CN[C@](C)(c2cccc(C(=O)O)c2)CO1)[PH](=O)O. The third-order valence-corrected chi connectivity index (χ3v) is 5.96. The summed E-state index contributed by atoms with van der Waals surface area (Å²) < 4.78 is 17.6. The minimum absolute atomic E-state index is 0.235. The van der Waals surface area contributed by atoms with Gasteiger partial charge in [0.15, 0.2) is 8.03 Å². The first-order valence-corrected chi connectivity index (χ1v) is 9.74. The van der Waals surface area contributed by atoms with Crippen LogP contribution in [-0.4, -0.2) is 40.9 Å². The number of carboxylic acid groups (broad SMARTS) is 1. The molecule has 1 aromatic rings. The Hall–Kier alpha value is -1.20. The largest absolute Gasteiger partial charge is 0.478 e. The van der Waals surface area contributed by atoms with Crippen molar-refractivity contribution in [2.75, 3.05) is 13.2 Å². The number of carboxylic acids is 1. The number of carbonyl (C=O) groups is 1. The number of ether oxygens (including phenoxy) is 1. The van der Waals surface area contributed by atoms with Crippen molar-refractivity contribution in [3.63, 3.8) is 0 Å². The van der Waals surface area contributed by atoms with Crippen LogP contribution in [0.1, 0.15) is 49.0 Å². The summed E-state index contributed by atoms with van der Waals surface area (Å²) in [7, 11) is -2.66. The molecule has 0 amide bonds. The van der Waals surface area contributed by atoms with Crippen LogP contribution in [0.2, 0.25) is 0 Å². The van der Waals surface area contributed by atoms with E-state index in [0.29, 0.717) is 19.6 Å². The van der Waals surface area contributed by atoms with Gasteiger partial charge in [-0.15, -0.1) is 0 Å². The molecule has 2 rings (SSSR count). The summed E-state index contributed by atoms with van der Waals surface area (Å²) in [5.74, 6) is -0.964. The smallest absolute Gasteiger partial charge is 0.335 e. The van der Waals surface area contributed by atoms with Crippen LogP contribution >= 0.6 is 8.03 Å². The van der Waals surface area contributed by atoms with Crippen molar-refractivity contribution in [1.82, 2.24) is 5.32 Å². The molecule has 6 nitrogen and oxygen atoms in total. The number of morpholine rings is 1. The van der Waals surface area contributed by atoms with E-state index in [1.807, 2.05) is 13.0 Å². The summed E-state index contributed by atoms with van der Waals surface area (Å²) in [6, 6.07) is 6.78. The van der Waals surface area contributed by atoms with Crippen LogP contribution in [0.15, 0.2) is 24.3 Å². The van der Waals surface area contributed by atoms with E-state index in [-0.39, 0.29) is 17.3 Å². The fourth-order valence-corrected chi connectivity index (χ4v) is 4.02. The van der Waals surface area contributed by atoms with E-state index in [1.54, 1.807) is 18.2 Å². The fourth-order valence-electron chi connectivity index (χ4n) is 3.04. The summed E-state index contributed by atoms with van der Waals surface area (Å²) in [4.78, 5) is 20.8. The lowest BCUT2D eigenvalue weighted by atomic mass is 9.89. The lowest BCUT2D eigenvalue weighted by Gasteiger charge is -2.41. The van der Waals surface area contributed by atoms with Gasteiger partial charge >= 0.3 is 5.97 Å². The highest BCUT2D eigenvalue weighted by Gasteiger charge is 2.37. The van der Waals surface area contributed by atoms with Gasteiger partial charge in [0.2, 0.25) is 0 Å². The first-order chi connectivity index (χ1) is 11.4. The quantitative estimate of drug-likeness (QED) is 0.651. The van der Waals surface area contributed by atoms with Crippen LogP contribution in [0.25, 0.3) is 0 Å². The Morgan fingerprint density at radius 3 is 2.83 bits per heavy atom. The molecule has 0 radical (unpaired) electrons. The van der Waals surface area contributed by atoms with Crippen molar-refractivity contribution in [3.8, 4) is 0 Å². The minimum Gasteiger partial charge on any atom is -0.478 e. The van der Waals surface area contributed by atoms with Gasteiger partial charge in [-0.05, 0) is 31.0 Å². The van der Waals surface area contributed by atoms with Crippen LogP contribution in [0.4, 0.5) is 0 Å². The Morgan fingerprint density at radius 2 is 2.29 bits per heavy atom. The van der Waals surface area contributed by atoms with Crippen LogP contribution in [0, 0.1) is 0 Å². The molecule has 3 N–H and O–H groups in total. The standard InChI is InChI=1S/C17H26NO5P/c1-3-4-8-15(24(21)22)14-10-18-17(2,11-23-14)13-7-5-6-12(9-13)16(19)20/h5-7,9,14-15,18,24H,3-4,8,10-11H2,1-2H3,(H,19,20)(H,21,22)/t14-,15?,17-/m0/s1. The van der Waals surface area contributed by atoms with E-state index in [4.69, 9.17) is 9.84 Å². The Bertz CT molecular complexity index is 598. The van der Waals surface area contributed by atoms with E-state index in [1.165, 1.54) is 0 Å². The van der Waals surface area contributed by atoms with Crippen molar-refractivity contribution in [1.29, 1.82) is 0 Å². The zero-order valence-electron chi connectivity index (χ0n) is 14.1. The van der Waals surface area contributed by atoms with Gasteiger partial charge in [-0.2, -0.15) is 0 Å². The number of aromatic carboxylic acids is 1. The topological polar surface area (TPSA) is 95.9 Å². The lowest BCUT2D eigenvalue weighted by Crippen LogP contribution is -2.55. The molecule has 1 aliphatic heterocycles. The number of hydrogen-bond acceptors (Lipinski definition) is 4. The molecule has 134 valence electrons. The molecule has 1 aromatic carbocycles. The summed E-state index contributed by atoms with van der Waals surface area (Å²) in [5.41, 5.74) is 0.224. The highest BCUT2D eigenvalue weighted by molar-refractivity contribution is 7.39. The van der Waals surface area contributed by atoms with Gasteiger partial charge in [0.1, 0.15) is 0 Å². The maximum absolute atomic E-state index is 11.7. The zero-order chi connectivity index (χ0) is 17.7. The second-order valence-electron chi connectivity index (χ2n) is 6.54. The molecule has 1 heterocycles. The molecule has 0 saturated carbocycles. The van der Waals surface area contributed by atoms with Crippen LogP contribution in [0.3, 0.4) is 0 Å². The molecule has 2 unspecified atom stereocenters. The molecule has 4 atom stereocenters. The van der Waals surface area contributed by atoms with Gasteiger partial charge in [-0.25, -0.2) is 4.79 Å². The molecule has 0 bridgehead atoms. The van der Waals surface area contributed by atoms with Crippen molar-refractivity contribution in [2.45, 2.75) is 50.4 Å². The van der Waals surface area contributed by atoms with Gasteiger partial charge in [0.25, 0.3) is 0 Å². The number of benzene rings is 1. The summed E-state index contributed by atoms with van der Waals surface area (Å²) >= 11 is 0. The van der Waals surface area contributed by atoms with E-state index in [0.717, 1.165) is 18.4 Å². The predicted molar refractivity (Wildman–Crippen MR) is 93.0 cm³/mol. The molecule has 1 aliphatic rings. The van der Waals surface area contributed by atoms with Gasteiger partial charge in [-0.1, -0.05) is 31.9 Å². The minimum atomic E-state index is -2.66. The number of nitrogens with one attached hydrogen (secondary N) is 1. The van der Waals surface area contributed by atoms with Gasteiger partial charge in [-0.3, -0.25) is 4.57 Å². The molecular weight excluding hydrogens is 329 g/mol. The van der Waals surface area contributed by atoms with Gasteiger partial charge in [0.05, 0.1) is 29.5 Å². The predicted octanol–water partition coefficient (Wildman–Crippen LogP) is 2.61. The molecule has 0 aliphatic carbocycles. The summed E-state index contributed by atoms with van der Waals surface area (Å²) in [5, 5.41) is 12.5. The summed E-state index contributed by atoms with van der Waals surface area (Å²) in [6.45, 7) is 4.81. The average molecular weight is 355 g/mol. The third kappa shape index (κ3) is 4.45. The molecule has 24 heavy (non-hydrogen) atoms. The van der Waals surface area contributed by atoms with E-state index in [2.05, 4.69) is 12.2 Å². The van der Waals surface area contributed by atoms with Crippen LogP contribution in [0.5, 0.6) is 0 Å². The van der Waals surface area contributed by atoms with E-state index >= 15 is 0 Å². The fraction of sp³-hybridized carbons (Fsp3) is 0.588. The monoisotopic (exact) mass is 355 g/mol. The Balaban J connectivity index is 2.08. The molecule has 0 spiro atoms. The third-order valence-electron chi connectivity index (χ3n) is 4.66. The van der Waals surface area contributed by atoms with Crippen molar-refractivity contribution < 1.29 is 24.1 Å². The van der Waals surface area contributed by atoms with Crippen molar-refractivity contribution in [2.24, 2.45) is 0 Å². The van der Waals surface area contributed by atoms with Crippen LogP contribution < -0.4 is 5.32 Å².